The highest BCUT2D eigenvalue weighted by molar-refractivity contribution is 4.82. The molecule has 66 valence electrons. The molecule has 0 bridgehead atoms. The van der Waals surface area contributed by atoms with Crippen molar-refractivity contribution in [2.45, 2.75) is 52.0 Å². The molecule has 2 atom stereocenters. The lowest BCUT2D eigenvalue weighted by molar-refractivity contribution is 0.382. The number of hydrogen-bond donors (Lipinski definition) is 1. The normalized spacial score (nSPS) is 31.1. The summed E-state index contributed by atoms with van der Waals surface area (Å²) in [5, 5.41) is 3.58. The molecule has 0 heterocycles. The molecule has 1 heteroatoms. The SMILES string of the molecule is CCC[C@H]1CCC[C@H]1NCC. The minimum atomic E-state index is 0.847. The standard InChI is InChI=1S/C10H21N/c1-3-6-9-7-5-8-10(9)11-4-2/h9-11H,3-8H2,1-2H3/t9-,10+/m0/s1. The zero-order valence-corrected chi connectivity index (χ0v) is 7.90. The van der Waals surface area contributed by atoms with Gasteiger partial charge in [0.1, 0.15) is 0 Å². The van der Waals surface area contributed by atoms with Crippen LogP contribution in [0.3, 0.4) is 0 Å². The van der Waals surface area contributed by atoms with E-state index >= 15 is 0 Å². The van der Waals surface area contributed by atoms with Gasteiger partial charge in [-0.25, -0.2) is 0 Å². The van der Waals surface area contributed by atoms with Crippen molar-refractivity contribution < 1.29 is 0 Å². The lowest BCUT2D eigenvalue weighted by Gasteiger charge is -2.19. The highest BCUT2D eigenvalue weighted by Gasteiger charge is 2.24. The number of rotatable bonds is 4. The minimum Gasteiger partial charge on any atom is -0.314 e. The molecule has 0 aromatic carbocycles. The molecule has 11 heavy (non-hydrogen) atoms. The van der Waals surface area contributed by atoms with Crippen LogP contribution in [0.2, 0.25) is 0 Å². The summed E-state index contributed by atoms with van der Waals surface area (Å²) >= 11 is 0. The van der Waals surface area contributed by atoms with E-state index in [0.717, 1.165) is 18.5 Å². The van der Waals surface area contributed by atoms with Crippen molar-refractivity contribution in [3.8, 4) is 0 Å². The second kappa shape index (κ2) is 4.76. The largest absolute Gasteiger partial charge is 0.314 e. The number of hydrogen-bond acceptors (Lipinski definition) is 1. The van der Waals surface area contributed by atoms with Crippen LogP contribution in [0.4, 0.5) is 0 Å². The van der Waals surface area contributed by atoms with Crippen LogP contribution in [0.5, 0.6) is 0 Å². The minimum absolute atomic E-state index is 0.847. The Balaban J connectivity index is 2.25. The van der Waals surface area contributed by atoms with E-state index in [-0.39, 0.29) is 0 Å². The zero-order chi connectivity index (χ0) is 8.10. The van der Waals surface area contributed by atoms with E-state index in [1.54, 1.807) is 0 Å². The van der Waals surface area contributed by atoms with Crippen molar-refractivity contribution >= 4 is 0 Å². The van der Waals surface area contributed by atoms with Crippen LogP contribution in [0.15, 0.2) is 0 Å². The van der Waals surface area contributed by atoms with Crippen molar-refractivity contribution in [1.82, 2.24) is 5.32 Å². The van der Waals surface area contributed by atoms with E-state index in [4.69, 9.17) is 0 Å². The summed E-state index contributed by atoms with van der Waals surface area (Å²) in [6.07, 6.45) is 7.11. The first-order valence-electron chi connectivity index (χ1n) is 5.11. The van der Waals surface area contributed by atoms with E-state index in [1.165, 1.54) is 32.1 Å². The van der Waals surface area contributed by atoms with Gasteiger partial charge in [0.05, 0.1) is 0 Å². The van der Waals surface area contributed by atoms with Gasteiger partial charge in [-0.15, -0.1) is 0 Å². The van der Waals surface area contributed by atoms with Crippen molar-refractivity contribution in [2.75, 3.05) is 6.54 Å². The van der Waals surface area contributed by atoms with Gasteiger partial charge in [-0.1, -0.05) is 26.7 Å². The quantitative estimate of drug-likeness (QED) is 0.658. The molecule has 0 spiro atoms. The van der Waals surface area contributed by atoms with Crippen LogP contribution >= 0.6 is 0 Å². The molecule has 1 saturated carbocycles. The molecule has 0 aromatic rings. The summed E-state index contributed by atoms with van der Waals surface area (Å²) in [4.78, 5) is 0. The van der Waals surface area contributed by atoms with Crippen LogP contribution < -0.4 is 5.32 Å². The van der Waals surface area contributed by atoms with Crippen LogP contribution in [0.1, 0.15) is 46.0 Å². The van der Waals surface area contributed by atoms with Crippen LogP contribution in [0, 0.1) is 5.92 Å². The maximum atomic E-state index is 3.58. The van der Waals surface area contributed by atoms with Gasteiger partial charge in [-0.05, 0) is 31.7 Å². The molecule has 0 aromatic heterocycles. The topological polar surface area (TPSA) is 12.0 Å². The molecule has 0 unspecified atom stereocenters. The smallest absolute Gasteiger partial charge is 0.00952 e. The Morgan fingerprint density at radius 1 is 1.27 bits per heavy atom. The van der Waals surface area contributed by atoms with Gasteiger partial charge >= 0.3 is 0 Å². The van der Waals surface area contributed by atoms with Gasteiger partial charge in [0, 0.05) is 6.04 Å². The van der Waals surface area contributed by atoms with Crippen LogP contribution in [-0.2, 0) is 0 Å². The average Bonchev–Trinajstić information content (AvgIpc) is 2.39. The summed E-state index contributed by atoms with van der Waals surface area (Å²) in [7, 11) is 0. The summed E-state index contributed by atoms with van der Waals surface area (Å²) in [5.41, 5.74) is 0. The Kier molecular flexibility index (Phi) is 3.92. The number of nitrogens with one attached hydrogen (secondary N) is 1. The van der Waals surface area contributed by atoms with Gasteiger partial charge in [-0.3, -0.25) is 0 Å². The molecule has 0 saturated heterocycles. The third kappa shape index (κ3) is 2.48. The highest BCUT2D eigenvalue weighted by Crippen LogP contribution is 2.28. The van der Waals surface area contributed by atoms with E-state index < -0.39 is 0 Å². The lowest BCUT2D eigenvalue weighted by atomic mass is 9.98. The van der Waals surface area contributed by atoms with Crippen molar-refractivity contribution in [3.05, 3.63) is 0 Å². The fourth-order valence-corrected chi connectivity index (χ4v) is 2.28. The summed E-state index contributed by atoms with van der Waals surface area (Å²) in [6.45, 7) is 5.65. The first-order valence-corrected chi connectivity index (χ1v) is 5.11. The summed E-state index contributed by atoms with van der Waals surface area (Å²) in [5.74, 6) is 0.986. The molecule has 1 aliphatic rings. The fraction of sp³-hybridized carbons (Fsp3) is 1.00. The molecule has 0 amide bonds. The maximum absolute atomic E-state index is 3.58. The molecule has 0 radical (unpaired) electrons. The lowest BCUT2D eigenvalue weighted by Crippen LogP contribution is -2.31. The predicted octanol–water partition coefficient (Wildman–Crippen LogP) is 2.56. The molecular formula is C10H21N. The first kappa shape index (κ1) is 9.05. The molecule has 1 aliphatic carbocycles. The second-order valence-electron chi connectivity index (χ2n) is 3.64. The second-order valence-corrected chi connectivity index (χ2v) is 3.64. The van der Waals surface area contributed by atoms with Crippen molar-refractivity contribution in [1.29, 1.82) is 0 Å². The van der Waals surface area contributed by atoms with Crippen LogP contribution in [0.25, 0.3) is 0 Å². The van der Waals surface area contributed by atoms with E-state index in [2.05, 4.69) is 19.2 Å². The van der Waals surface area contributed by atoms with E-state index in [0.29, 0.717) is 0 Å². The molecule has 0 aliphatic heterocycles. The Labute approximate surface area is 70.6 Å². The van der Waals surface area contributed by atoms with Gasteiger partial charge < -0.3 is 5.32 Å². The molecule has 1 fully saturated rings. The molecule has 1 nitrogen and oxygen atoms in total. The van der Waals surface area contributed by atoms with Crippen molar-refractivity contribution in [3.63, 3.8) is 0 Å². The van der Waals surface area contributed by atoms with Crippen molar-refractivity contribution in [2.24, 2.45) is 5.92 Å². The Morgan fingerprint density at radius 3 is 2.73 bits per heavy atom. The van der Waals surface area contributed by atoms with Gasteiger partial charge in [0.2, 0.25) is 0 Å². The Morgan fingerprint density at radius 2 is 2.09 bits per heavy atom. The zero-order valence-electron chi connectivity index (χ0n) is 7.90. The average molecular weight is 155 g/mol. The van der Waals surface area contributed by atoms with Crippen LogP contribution in [-0.4, -0.2) is 12.6 Å². The molecule has 1 rings (SSSR count). The predicted molar refractivity (Wildman–Crippen MR) is 49.7 cm³/mol. The summed E-state index contributed by atoms with van der Waals surface area (Å²) < 4.78 is 0. The van der Waals surface area contributed by atoms with Gasteiger partial charge in [0.25, 0.3) is 0 Å². The highest BCUT2D eigenvalue weighted by atomic mass is 14.9. The third-order valence-electron chi connectivity index (χ3n) is 2.78. The molecular weight excluding hydrogens is 134 g/mol. The fourth-order valence-electron chi connectivity index (χ4n) is 2.28. The Bertz CT molecular complexity index is 89.0. The monoisotopic (exact) mass is 155 g/mol. The maximum Gasteiger partial charge on any atom is 0.00952 e. The van der Waals surface area contributed by atoms with E-state index in [1.807, 2.05) is 0 Å². The summed E-state index contributed by atoms with van der Waals surface area (Å²) in [6, 6.07) is 0.847. The first-order chi connectivity index (χ1) is 5.38. The van der Waals surface area contributed by atoms with Gasteiger partial charge in [0.15, 0.2) is 0 Å². The van der Waals surface area contributed by atoms with Gasteiger partial charge in [-0.2, -0.15) is 0 Å². The Hall–Kier alpha value is -0.0400. The van der Waals surface area contributed by atoms with E-state index in [9.17, 15) is 0 Å². The molecule has 1 N–H and O–H groups in total. The third-order valence-corrected chi connectivity index (χ3v) is 2.78.